The highest BCUT2D eigenvalue weighted by molar-refractivity contribution is 5.79. The van der Waals surface area contributed by atoms with Crippen molar-refractivity contribution in [3.05, 3.63) is 0 Å². The first-order chi connectivity index (χ1) is 8.69. The first-order valence-electron chi connectivity index (χ1n) is 7.41. The number of fused-ring (bicyclic) bond motifs is 1. The molecule has 2 saturated heterocycles. The van der Waals surface area contributed by atoms with E-state index >= 15 is 0 Å². The maximum absolute atomic E-state index is 12.4. The highest BCUT2D eigenvalue weighted by Crippen LogP contribution is 2.35. The fraction of sp³-hybridized carbons (Fsp3) is 0.929. The minimum absolute atomic E-state index is 0.227. The van der Waals surface area contributed by atoms with Gasteiger partial charge in [-0.3, -0.25) is 4.79 Å². The summed E-state index contributed by atoms with van der Waals surface area (Å²) in [7, 11) is 0. The first kappa shape index (κ1) is 12.4. The van der Waals surface area contributed by atoms with E-state index in [-0.39, 0.29) is 11.8 Å². The summed E-state index contributed by atoms with van der Waals surface area (Å²) in [5.74, 6) is 0.846. The molecule has 3 aliphatic rings. The van der Waals surface area contributed by atoms with Crippen molar-refractivity contribution in [1.29, 1.82) is 0 Å². The van der Waals surface area contributed by atoms with E-state index in [9.17, 15) is 9.90 Å². The van der Waals surface area contributed by atoms with Crippen LogP contribution in [0.2, 0.25) is 0 Å². The molecule has 18 heavy (non-hydrogen) atoms. The molecule has 2 heterocycles. The van der Waals surface area contributed by atoms with Gasteiger partial charge in [-0.25, -0.2) is 0 Å². The molecule has 0 spiro atoms. The van der Waals surface area contributed by atoms with Crippen molar-refractivity contribution in [1.82, 2.24) is 10.2 Å². The second-order valence-electron chi connectivity index (χ2n) is 6.27. The average molecular weight is 252 g/mol. The van der Waals surface area contributed by atoms with Crippen LogP contribution in [0.25, 0.3) is 0 Å². The van der Waals surface area contributed by atoms with Crippen molar-refractivity contribution in [3.63, 3.8) is 0 Å². The second-order valence-corrected chi connectivity index (χ2v) is 6.27. The number of hydrogen-bond acceptors (Lipinski definition) is 3. The zero-order valence-corrected chi connectivity index (χ0v) is 11.0. The third-order valence-corrected chi connectivity index (χ3v) is 5.16. The number of nitrogens with one attached hydrogen (secondary N) is 1. The van der Waals surface area contributed by atoms with E-state index in [1.807, 2.05) is 4.90 Å². The van der Waals surface area contributed by atoms with Gasteiger partial charge >= 0.3 is 0 Å². The lowest BCUT2D eigenvalue weighted by molar-refractivity contribution is -0.146. The van der Waals surface area contributed by atoms with Crippen molar-refractivity contribution in [3.8, 4) is 0 Å². The Kier molecular flexibility index (Phi) is 3.32. The van der Waals surface area contributed by atoms with E-state index in [2.05, 4.69) is 5.32 Å². The topological polar surface area (TPSA) is 52.6 Å². The molecule has 1 aliphatic carbocycles. The number of likely N-dealkylation sites (tertiary alicyclic amines) is 1. The summed E-state index contributed by atoms with van der Waals surface area (Å²) in [4.78, 5) is 14.4. The summed E-state index contributed by atoms with van der Waals surface area (Å²) in [5.41, 5.74) is -0.516. The van der Waals surface area contributed by atoms with E-state index in [0.29, 0.717) is 5.91 Å². The molecule has 1 saturated carbocycles. The molecule has 3 fully saturated rings. The molecule has 2 aliphatic heterocycles. The van der Waals surface area contributed by atoms with Gasteiger partial charge in [-0.1, -0.05) is 12.8 Å². The van der Waals surface area contributed by atoms with Crippen LogP contribution in [0.5, 0.6) is 0 Å². The molecule has 4 heteroatoms. The van der Waals surface area contributed by atoms with Crippen LogP contribution in [0.1, 0.15) is 38.5 Å². The lowest BCUT2D eigenvalue weighted by Crippen LogP contribution is -2.60. The Morgan fingerprint density at radius 3 is 2.83 bits per heavy atom. The van der Waals surface area contributed by atoms with Crippen molar-refractivity contribution in [2.24, 2.45) is 11.8 Å². The minimum atomic E-state index is -0.516. The fourth-order valence-corrected chi connectivity index (χ4v) is 3.86. The molecular formula is C14H24N2O2. The Hall–Kier alpha value is -0.610. The van der Waals surface area contributed by atoms with Gasteiger partial charge in [0, 0.05) is 31.5 Å². The van der Waals surface area contributed by atoms with E-state index < -0.39 is 5.60 Å². The Morgan fingerprint density at radius 1 is 1.28 bits per heavy atom. The third kappa shape index (κ3) is 2.16. The summed E-state index contributed by atoms with van der Waals surface area (Å²) in [6.45, 7) is 3.26. The molecule has 0 aromatic rings. The summed E-state index contributed by atoms with van der Waals surface area (Å²) in [5, 5.41) is 13.9. The predicted molar refractivity (Wildman–Crippen MR) is 69.1 cm³/mol. The molecule has 0 radical (unpaired) electrons. The number of aliphatic hydroxyl groups is 1. The van der Waals surface area contributed by atoms with Gasteiger partial charge in [0.2, 0.25) is 5.91 Å². The Bertz CT molecular complexity index is 328. The molecular weight excluding hydrogens is 228 g/mol. The highest BCUT2D eigenvalue weighted by atomic mass is 16.3. The number of carbonyl (C=O) groups excluding carboxylic acids is 1. The Morgan fingerprint density at radius 2 is 2.06 bits per heavy atom. The van der Waals surface area contributed by atoms with Gasteiger partial charge in [0.1, 0.15) is 0 Å². The molecule has 0 unspecified atom stereocenters. The van der Waals surface area contributed by atoms with Crippen LogP contribution >= 0.6 is 0 Å². The average Bonchev–Trinajstić information content (AvgIpc) is 2.90. The molecule has 1 amide bonds. The third-order valence-electron chi connectivity index (χ3n) is 5.16. The van der Waals surface area contributed by atoms with Crippen LogP contribution in [0.15, 0.2) is 0 Å². The quantitative estimate of drug-likeness (QED) is 0.724. The van der Waals surface area contributed by atoms with Gasteiger partial charge in [-0.05, 0) is 32.2 Å². The van der Waals surface area contributed by atoms with Crippen LogP contribution in [0, 0.1) is 11.8 Å². The second kappa shape index (κ2) is 4.82. The number of carbonyl (C=O) groups is 1. The van der Waals surface area contributed by atoms with E-state index in [0.717, 1.165) is 51.9 Å². The maximum Gasteiger partial charge on any atom is 0.225 e. The standard InChI is InChI=1S/C14H24N2O2/c17-13(11-3-1-2-4-11)16-8-6-14(18)5-7-15-9-12(14)10-16/h11-12,15,18H,1-10H2/t12-,14+/m0/s1. The Labute approximate surface area is 109 Å². The zero-order valence-electron chi connectivity index (χ0n) is 11.0. The zero-order chi connectivity index (χ0) is 12.6. The van der Waals surface area contributed by atoms with E-state index in [1.165, 1.54) is 12.8 Å². The molecule has 0 aromatic heterocycles. The van der Waals surface area contributed by atoms with Crippen molar-refractivity contribution in [2.45, 2.75) is 44.1 Å². The lowest BCUT2D eigenvalue weighted by atomic mass is 9.76. The van der Waals surface area contributed by atoms with E-state index in [4.69, 9.17) is 0 Å². The SMILES string of the molecule is O=C(C1CCCC1)N1CC[C@]2(O)CCNC[C@H]2C1. The number of hydrogen-bond donors (Lipinski definition) is 2. The monoisotopic (exact) mass is 252 g/mol. The first-order valence-corrected chi connectivity index (χ1v) is 7.41. The van der Waals surface area contributed by atoms with Gasteiger partial charge in [0.25, 0.3) is 0 Å². The molecule has 2 N–H and O–H groups in total. The molecule has 0 aromatic carbocycles. The van der Waals surface area contributed by atoms with Crippen molar-refractivity contribution < 1.29 is 9.90 Å². The summed E-state index contributed by atoms with van der Waals surface area (Å²) >= 11 is 0. The minimum Gasteiger partial charge on any atom is -0.389 e. The van der Waals surface area contributed by atoms with Gasteiger partial charge in [0.15, 0.2) is 0 Å². The number of rotatable bonds is 1. The predicted octanol–water partition coefficient (Wildman–Crippen LogP) is 0.749. The van der Waals surface area contributed by atoms with Gasteiger partial charge in [-0.15, -0.1) is 0 Å². The summed E-state index contributed by atoms with van der Waals surface area (Å²) in [6.07, 6.45) is 6.16. The van der Waals surface area contributed by atoms with Crippen molar-refractivity contribution >= 4 is 5.91 Å². The fourth-order valence-electron chi connectivity index (χ4n) is 3.86. The number of piperidine rings is 2. The van der Waals surface area contributed by atoms with E-state index in [1.54, 1.807) is 0 Å². The van der Waals surface area contributed by atoms with Gasteiger partial charge in [0.05, 0.1) is 5.60 Å². The Balaban J connectivity index is 1.64. The molecule has 4 nitrogen and oxygen atoms in total. The smallest absolute Gasteiger partial charge is 0.225 e. The van der Waals surface area contributed by atoms with Crippen molar-refractivity contribution in [2.75, 3.05) is 26.2 Å². The van der Waals surface area contributed by atoms with Crippen LogP contribution in [-0.4, -0.2) is 47.7 Å². The molecule has 2 atom stereocenters. The lowest BCUT2D eigenvalue weighted by Gasteiger charge is -2.48. The van der Waals surface area contributed by atoms with Gasteiger partial charge < -0.3 is 15.3 Å². The summed E-state index contributed by atoms with van der Waals surface area (Å²) in [6, 6.07) is 0. The number of nitrogens with zero attached hydrogens (tertiary/aromatic N) is 1. The van der Waals surface area contributed by atoms with Crippen LogP contribution in [0.4, 0.5) is 0 Å². The van der Waals surface area contributed by atoms with Crippen LogP contribution in [0.3, 0.4) is 0 Å². The molecule has 0 bridgehead atoms. The normalized spacial score (nSPS) is 37.6. The van der Waals surface area contributed by atoms with Crippen LogP contribution in [-0.2, 0) is 4.79 Å². The maximum atomic E-state index is 12.4. The highest BCUT2D eigenvalue weighted by Gasteiger charge is 2.44. The summed E-state index contributed by atoms with van der Waals surface area (Å²) < 4.78 is 0. The largest absolute Gasteiger partial charge is 0.389 e. The molecule has 3 rings (SSSR count). The van der Waals surface area contributed by atoms with Gasteiger partial charge in [-0.2, -0.15) is 0 Å². The number of amides is 1. The molecule has 102 valence electrons. The van der Waals surface area contributed by atoms with Crippen LogP contribution < -0.4 is 5.32 Å².